The second-order valence-electron chi connectivity index (χ2n) is 4.33. The molecule has 0 unspecified atom stereocenters. The van der Waals surface area contributed by atoms with Crippen molar-refractivity contribution in [2.45, 2.75) is 6.42 Å². The minimum Gasteiger partial charge on any atom is -0.236 e. The third-order valence-corrected chi connectivity index (χ3v) is 3.16. The highest BCUT2D eigenvalue weighted by Gasteiger charge is 1.99. The van der Waals surface area contributed by atoms with E-state index in [1.165, 1.54) is 21.5 Å². The predicted molar refractivity (Wildman–Crippen MR) is 70.7 cm³/mol. The van der Waals surface area contributed by atoms with Gasteiger partial charge in [0, 0.05) is 0 Å². The summed E-state index contributed by atoms with van der Waals surface area (Å²) in [5.41, 5.74) is 1.13. The Kier molecular flexibility index (Phi) is 2.54. The number of benzene rings is 3. The zero-order valence-electron chi connectivity index (χ0n) is 9.52. The molecule has 1 radical (unpaired) electrons. The third-order valence-electron chi connectivity index (χ3n) is 3.16. The summed E-state index contributed by atoms with van der Waals surface area (Å²) in [5.74, 6) is 0. The molecule has 0 atom stereocenters. The molecule has 0 aliphatic rings. The second kappa shape index (κ2) is 4.19. The topological polar surface area (TPSA) is 19.9 Å². The van der Waals surface area contributed by atoms with Gasteiger partial charge in [0.1, 0.15) is 0 Å². The fourth-order valence-corrected chi connectivity index (χ4v) is 2.26. The zero-order chi connectivity index (χ0) is 11.7. The Hall–Kier alpha value is -1.86. The van der Waals surface area contributed by atoms with Crippen molar-refractivity contribution < 1.29 is 5.11 Å². The highest BCUT2D eigenvalue weighted by atomic mass is 16.2. The van der Waals surface area contributed by atoms with Gasteiger partial charge in [-0.15, -0.1) is 0 Å². The van der Waals surface area contributed by atoms with Crippen molar-refractivity contribution in [1.29, 1.82) is 0 Å². The highest BCUT2D eigenvalue weighted by Crippen LogP contribution is 2.23. The summed E-state index contributed by atoms with van der Waals surface area (Å²) in [6, 6.07) is 19.0. The van der Waals surface area contributed by atoms with E-state index < -0.39 is 0 Å². The smallest absolute Gasteiger partial charge is 0.0862 e. The van der Waals surface area contributed by atoms with Gasteiger partial charge in [-0.05, 0) is 45.7 Å². The Morgan fingerprint density at radius 3 is 2.06 bits per heavy atom. The number of hydrogen-bond donors (Lipinski definition) is 0. The molecule has 1 nitrogen and oxygen atoms in total. The fourth-order valence-electron chi connectivity index (χ4n) is 2.26. The molecule has 0 aliphatic carbocycles. The van der Waals surface area contributed by atoms with Crippen molar-refractivity contribution in [3.05, 3.63) is 60.2 Å². The normalized spacial score (nSPS) is 11.1. The van der Waals surface area contributed by atoms with Crippen LogP contribution in [0.3, 0.4) is 0 Å². The maximum atomic E-state index is 10.6. The lowest BCUT2D eigenvalue weighted by molar-refractivity contribution is 0.197. The lowest BCUT2D eigenvalue weighted by Gasteiger charge is -2.04. The summed E-state index contributed by atoms with van der Waals surface area (Å²) >= 11 is 0. The van der Waals surface area contributed by atoms with Gasteiger partial charge in [-0.25, -0.2) is 5.11 Å². The van der Waals surface area contributed by atoms with Crippen LogP contribution in [0.15, 0.2) is 54.6 Å². The van der Waals surface area contributed by atoms with Gasteiger partial charge >= 0.3 is 0 Å². The molecular formula is C16H13O. The van der Waals surface area contributed by atoms with Crippen LogP contribution in [0.2, 0.25) is 0 Å². The molecule has 0 aliphatic heterocycles. The standard InChI is InChI=1S/C16H13O/c17-8-7-12-5-6-15-10-13-3-1-2-4-14(13)11-16(15)9-12/h1-6,9-11H,7-8H2. The minimum atomic E-state index is -0.0426. The first kappa shape index (κ1) is 10.3. The molecule has 83 valence electrons. The van der Waals surface area contributed by atoms with Gasteiger partial charge in [-0.2, -0.15) is 0 Å². The molecule has 0 amide bonds. The molecule has 0 spiro atoms. The van der Waals surface area contributed by atoms with Crippen LogP contribution in [0.4, 0.5) is 0 Å². The largest absolute Gasteiger partial charge is 0.236 e. The Morgan fingerprint density at radius 1 is 0.706 bits per heavy atom. The SMILES string of the molecule is [O]CCc1ccc2cc3ccccc3cc2c1. The Balaban J connectivity index is 2.25. The van der Waals surface area contributed by atoms with E-state index in [0.717, 1.165) is 5.56 Å². The number of rotatable bonds is 2. The van der Waals surface area contributed by atoms with Crippen molar-refractivity contribution in [1.82, 2.24) is 0 Å². The van der Waals surface area contributed by atoms with Crippen molar-refractivity contribution >= 4 is 21.5 Å². The Bertz CT molecular complexity index is 670. The van der Waals surface area contributed by atoms with Crippen LogP contribution >= 0.6 is 0 Å². The van der Waals surface area contributed by atoms with Crippen molar-refractivity contribution in [3.63, 3.8) is 0 Å². The average Bonchev–Trinajstić information content (AvgIpc) is 2.36. The second-order valence-corrected chi connectivity index (χ2v) is 4.33. The summed E-state index contributed by atoms with van der Waals surface area (Å²) < 4.78 is 0. The van der Waals surface area contributed by atoms with E-state index in [4.69, 9.17) is 0 Å². The molecule has 0 N–H and O–H groups in total. The lowest BCUT2D eigenvalue weighted by Crippen LogP contribution is -1.88. The lowest BCUT2D eigenvalue weighted by atomic mass is 10.0. The van der Waals surface area contributed by atoms with Crippen LogP contribution in [0.25, 0.3) is 21.5 Å². The van der Waals surface area contributed by atoms with E-state index in [0.29, 0.717) is 6.42 Å². The number of fused-ring (bicyclic) bond motifs is 2. The van der Waals surface area contributed by atoms with Gasteiger partial charge < -0.3 is 0 Å². The van der Waals surface area contributed by atoms with Gasteiger partial charge in [0.15, 0.2) is 0 Å². The molecule has 0 bridgehead atoms. The van der Waals surface area contributed by atoms with Gasteiger partial charge in [0.05, 0.1) is 6.61 Å². The summed E-state index contributed by atoms with van der Waals surface area (Å²) in [6.07, 6.45) is 0.614. The molecule has 0 heterocycles. The van der Waals surface area contributed by atoms with Gasteiger partial charge in [0.25, 0.3) is 0 Å². The van der Waals surface area contributed by atoms with Crippen molar-refractivity contribution in [2.75, 3.05) is 6.61 Å². The van der Waals surface area contributed by atoms with E-state index in [-0.39, 0.29) is 6.61 Å². The quantitative estimate of drug-likeness (QED) is 0.584. The first-order chi connectivity index (χ1) is 8.36. The molecule has 1 heteroatoms. The van der Waals surface area contributed by atoms with E-state index in [1.807, 2.05) is 0 Å². The van der Waals surface area contributed by atoms with Crippen LogP contribution < -0.4 is 0 Å². The minimum absolute atomic E-state index is 0.0426. The van der Waals surface area contributed by atoms with Crippen LogP contribution in [-0.2, 0) is 11.5 Å². The summed E-state index contributed by atoms with van der Waals surface area (Å²) in [6.45, 7) is -0.0426. The van der Waals surface area contributed by atoms with Gasteiger partial charge in [-0.1, -0.05) is 42.5 Å². The average molecular weight is 221 g/mol. The molecule has 3 aromatic rings. The van der Waals surface area contributed by atoms with E-state index in [9.17, 15) is 5.11 Å². The predicted octanol–water partition coefficient (Wildman–Crippen LogP) is 3.97. The van der Waals surface area contributed by atoms with Crippen LogP contribution in [0.5, 0.6) is 0 Å². The Morgan fingerprint density at radius 2 is 1.35 bits per heavy atom. The molecule has 0 fully saturated rings. The molecule has 3 rings (SSSR count). The molecule has 0 aromatic heterocycles. The highest BCUT2D eigenvalue weighted by molar-refractivity contribution is 5.98. The van der Waals surface area contributed by atoms with Gasteiger partial charge in [-0.3, -0.25) is 0 Å². The molecule has 0 saturated heterocycles. The van der Waals surface area contributed by atoms with Crippen molar-refractivity contribution in [2.24, 2.45) is 0 Å². The van der Waals surface area contributed by atoms with Crippen LogP contribution in [0.1, 0.15) is 5.56 Å². The summed E-state index contributed by atoms with van der Waals surface area (Å²) in [7, 11) is 0. The van der Waals surface area contributed by atoms with E-state index in [1.54, 1.807) is 0 Å². The van der Waals surface area contributed by atoms with E-state index >= 15 is 0 Å². The first-order valence-corrected chi connectivity index (χ1v) is 5.86. The monoisotopic (exact) mass is 221 g/mol. The summed E-state index contributed by atoms with van der Waals surface area (Å²) in [4.78, 5) is 0. The van der Waals surface area contributed by atoms with Crippen molar-refractivity contribution in [3.8, 4) is 0 Å². The first-order valence-electron chi connectivity index (χ1n) is 5.86. The number of hydrogen-bond acceptors (Lipinski definition) is 0. The van der Waals surface area contributed by atoms with E-state index in [2.05, 4.69) is 54.6 Å². The van der Waals surface area contributed by atoms with Crippen LogP contribution in [-0.4, -0.2) is 6.61 Å². The molecule has 0 saturated carbocycles. The maximum Gasteiger partial charge on any atom is 0.0862 e. The molecule has 3 aromatic carbocycles. The fraction of sp³-hybridized carbons (Fsp3) is 0.125. The molecular weight excluding hydrogens is 208 g/mol. The Labute approximate surface area is 100 Å². The van der Waals surface area contributed by atoms with Crippen LogP contribution in [0, 0.1) is 0 Å². The third kappa shape index (κ3) is 1.90. The zero-order valence-corrected chi connectivity index (χ0v) is 9.52. The maximum absolute atomic E-state index is 10.6. The summed E-state index contributed by atoms with van der Waals surface area (Å²) in [5, 5.41) is 15.6. The molecule has 17 heavy (non-hydrogen) atoms. The van der Waals surface area contributed by atoms with Gasteiger partial charge in [0.2, 0.25) is 0 Å².